The van der Waals surface area contributed by atoms with Crippen LogP contribution in [0.2, 0.25) is 0 Å². The summed E-state index contributed by atoms with van der Waals surface area (Å²) >= 11 is 0. The van der Waals surface area contributed by atoms with Crippen LogP contribution in [0.15, 0.2) is 45.0 Å². The number of fused-ring (bicyclic) bond motifs is 2. The number of carbonyl (C=O) groups is 1. The third-order valence-electron chi connectivity index (χ3n) is 7.72. The third kappa shape index (κ3) is 5.71. The number of hydrogen-bond donors (Lipinski definition) is 2. The number of carboxylic acid groups (broad SMARTS) is 1. The number of morpholine rings is 1. The third-order valence-corrected chi connectivity index (χ3v) is 7.72. The Hall–Kier alpha value is -4.13. The van der Waals surface area contributed by atoms with Crippen LogP contribution in [0.1, 0.15) is 16.9 Å². The maximum atomic E-state index is 11.3. The number of aromatic hydroxyl groups is 1. The zero-order valence-corrected chi connectivity index (χ0v) is 22.9. The minimum Gasteiger partial charge on any atom is -0.504 e. The van der Waals surface area contributed by atoms with Crippen molar-refractivity contribution in [2.75, 3.05) is 72.7 Å². The lowest BCUT2D eigenvalue weighted by Gasteiger charge is -2.33. The summed E-state index contributed by atoms with van der Waals surface area (Å²) < 4.78 is 23.3. The number of rotatable bonds is 8. The highest BCUT2D eigenvalue weighted by molar-refractivity contribution is 5.95. The SMILES string of the molecule is COc1ccc2c(O)c(C=C3N=Nc4ccc(OCCN5CCOCC5)cc43)oc2c1CN1CCN(C(=O)O)CC1. The first-order chi connectivity index (χ1) is 20.0. The Bertz CT molecular complexity index is 1490. The van der Waals surface area contributed by atoms with Crippen molar-refractivity contribution < 1.29 is 33.6 Å². The summed E-state index contributed by atoms with van der Waals surface area (Å²) in [5.41, 5.74) is 3.38. The van der Waals surface area contributed by atoms with Crippen molar-refractivity contribution in [3.63, 3.8) is 0 Å². The molecule has 216 valence electrons. The summed E-state index contributed by atoms with van der Waals surface area (Å²) in [6.45, 7) is 7.24. The first kappa shape index (κ1) is 27.1. The van der Waals surface area contributed by atoms with Crippen LogP contribution in [0.3, 0.4) is 0 Å². The first-order valence-electron chi connectivity index (χ1n) is 13.7. The molecule has 3 aliphatic rings. The van der Waals surface area contributed by atoms with Gasteiger partial charge in [0.1, 0.15) is 23.7 Å². The molecule has 0 atom stereocenters. The van der Waals surface area contributed by atoms with Gasteiger partial charge in [-0.25, -0.2) is 4.79 Å². The highest BCUT2D eigenvalue weighted by atomic mass is 16.5. The molecule has 0 unspecified atom stereocenters. The van der Waals surface area contributed by atoms with Gasteiger partial charge in [-0.3, -0.25) is 9.80 Å². The van der Waals surface area contributed by atoms with Gasteiger partial charge in [-0.05, 0) is 30.3 Å². The fourth-order valence-electron chi connectivity index (χ4n) is 5.37. The van der Waals surface area contributed by atoms with E-state index in [1.807, 2.05) is 24.3 Å². The number of piperazine rings is 1. The molecule has 0 radical (unpaired) electrons. The van der Waals surface area contributed by atoms with E-state index >= 15 is 0 Å². The van der Waals surface area contributed by atoms with Gasteiger partial charge in [0.25, 0.3) is 0 Å². The van der Waals surface area contributed by atoms with E-state index in [0.29, 0.717) is 61.7 Å². The van der Waals surface area contributed by atoms with E-state index < -0.39 is 6.09 Å². The highest BCUT2D eigenvalue weighted by Gasteiger charge is 2.25. The summed E-state index contributed by atoms with van der Waals surface area (Å²) in [4.78, 5) is 17.2. The fourth-order valence-corrected chi connectivity index (χ4v) is 5.37. The lowest BCUT2D eigenvalue weighted by Crippen LogP contribution is -2.47. The van der Waals surface area contributed by atoms with Crippen molar-refractivity contribution in [1.29, 1.82) is 0 Å². The van der Waals surface area contributed by atoms with E-state index in [9.17, 15) is 15.0 Å². The maximum Gasteiger partial charge on any atom is 0.407 e. The Morgan fingerprint density at radius 2 is 1.85 bits per heavy atom. The number of furan rings is 1. The molecule has 2 aromatic carbocycles. The molecule has 12 heteroatoms. The number of hydrogen-bond acceptors (Lipinski definition) is 10. The van der Waals surface area contributed by atoms with Gasteiger partial charge in [0.2, 0.25) is 0 Å². The predicted octanol–water partition coefficient (Wildman–Crippen LogP) is 4.25. The van der Waals surface area contributed by atoms with Crippen LogP contribution >= 0.6 is 0 Å². The summed E-state index contributed by atoms with van der Waals surface area (Å²) in [5, 5.41) is 29.5. The first-order valence-corrected chi connectivity index (χ1v) is 13.7. The van der Waals surface area contributed by atoms with Gasteiger partial charge >= 0.3 is 6.09 Å². The largest absolute Gasteiger partial charge is 0.504 e. The van der Waals surface area contributed by atoms with Crippen molar-refractivity contribution in [3.8, 4) is 17.2 Å². The Labute approximate surface area is 237 Å². The van der Waals surface area contributed by atoms with Gasteiger partial charge in [0.05, 0.1) is 42.7 Å². The molecule has 1 amide bonds. The molecule has 2 fully saturated rings. The monoisotopic (exact) mass is 563 g/mol. The molecule has 0 aliphatic carbocycles. The standard InChI is InChI=1S/C29H33N5O7/c1-38-25-5-3-20-27(35)26(41-28(20)22(25)18-33-6-8-34(9-7-33)29(36)37)17-24-21-16-19(2-4-23(21)30-31-24)40-15-12-32-10-13-39-14-11-32/h2-5,16-17,35H,6-15,18H2,1H3,(H,36,37). The molecule has 2 saturated heterocycles. The maximum absolute atomic E-state index is 11.3. The second-order valence-corrected chi connectivity index (χ2v) is 10.2. The molecule has 41 heavy (non-hydrogen) atoms. The molecule has 4 heterocycles. The van der Waals surface area contributed by atoms with E-state index in [1.54, 1.807) is 19.3 Å². The molecule has 6 rings (SSSR count). The van der Waals surface area contributed by atoms with Crippen LogP contribution in [0.25, 0.3) is 22.7 Å². The highest BCUT2D eigenvalue weighted by Crippen LogP contribution is 2.43. The summed E-state index contributed by atoms with van der Waals surface area (Å²) in [6, 6.07) is 9.24. The summed E-state index contributed by atoms with van der Waals surface area (Å²) in [6.07, 6.45) is 0.777. The molecule has 3 aliphatic heterocycles. The van der Waals surface area contributed by atoms with E-state index in [0.717, 1.165) is 55.4 Å². The topological polar surface area (TPSA) is 133 Å². The summed E-state index contributed by atoms with van der Waals surface area (Å²) in [7, 11) is 1.59. The number of ether oxygens (including phenoxy) is 3. The number of azo groups is 1. The molecule has 0 spiro atoms. The second-order valence-electron chi connectivity index (χ2n) is 10.2. The number of nitrogens with zero attached hydrogens (tertiary/aromatic N) is 5. The molecular formula is C29H33N5O7. The average Bonchev–Trinajstić information content (AvgIpc) is 3.54. The van der Waals surface area contributed by atoms with E-state index in [4.69, 9.17) is 18.6 Å². The molecule has 0 saturated carbocycles. The number of methoxy groups -OCH3 is 1. The van der Waals surface area contributed by atoms with Crippen LogP contribution in [0.4, 0.5) is 10.5 Å². The lowest BCUT2D eigenvalue weighted by atomic mass is 10.1. The van der Waals surface area contributed by atoms with Crippen LogP contribution in [-0.4, -0.2) is 104 Å². The molecule has 2 N–H and O–H groups in total. The average molecular weight is 564 g/mol. The molecule has 1 aromatic heterocycles. The van der Waals surface area contributed by atoms with Crippen LogP contribution < -0.4 is 9.47 Å². The zero-order valence-electron chi connectivity index (χ0n) is 22.9. The normalized spacial score (nSPS) is 18.8. The van der Waals surface area contributed by atoms with E-state index in [2.05, 4.69) is 20.0 Å². The van der Waals surface area contributed by atoms with Gasteiger partial charge in [-0.1, -0.05) is 0 Å². The van der Waals surface area contributed by atoms with Crippen molar-refractivity contribution in [1.82, 2.24) is 14.7 Å². The molecular weight excluding hydrogens is 530 g/mol. The molecule has 12 nitrogen and oxygen atoms in total. The minimum atomic E-state index is -0.907. The van der Waals surface area contributed by atoms with Crippen molar-refractivity contribution >= 4 is 34.5 Å². The van der Waals surface area contributed by atoms with Crippen molar-refractivity contribution in [2.45, 2.75) is 6.54 Å². The minimum absolute atomic E-state index is 0.00802. The Balaban J connectivity index is 1.22. The van der Waals surface area contributed by atoms with Gasteiger partial charge in [-0.2, -0.15) is 0 Å². The smallest absolute Gasteiger partial charge is 0.407 e. The van der Waals surface area contributed by atoms with Gasteiger partial charge < -0.3 is 33.7 Å². The van der Waals surface area contributed by atoms with E-state index in [-0.39, 0.29) is 11.5 Å². The second kappa shape index (κ2) is 11.8. The van der Waals surface area contributed by atoms with Gasteiger partial charge in [-0.15, -0.1) is 10.2 Å². The van der Waals surface area contributed by atoms with Gasteiger partial charge in [0.15, 0.2) is 11.5 Å². The molecule has 0 bridgehead atoms. The van der Waals surface area contributed by atoms with Crippen molar-refractivity contribution in [3.05, 3.63) is 47.2 Å². The van der Waals surface area contributed by atoms with Crippen LogP contribution in [0, 0.1) is 0 Å². The predicted molar refractivity (Wildman–Crippen MR) is 151 cm³/mol. The Kier molecular flexibility index (Phi) is 7.77. The Morgan fingerprint density at radius 3 is 2.61 bits per heavy atom. The van der Waals surface area contributed by atoms with Crippen LogP contribution in [-0.2, 0) is 11.3 Å². The summed E-state index contributed by atoms with van der Waals surface area (Å²) in [5.74, 6) is 1.63. The van der Waals surface area contributed by atoms with Crippen LogP contribution in [0.5, 0.6) is 17.2 Å². The lowest BCUT2D eigenvalue weighted by molar-refractivity contribution is 0.0322. The molecule has 3 aromatic rings. The van der Waals surface area contributed by atoms with Gasteiger partial charge in [0, 0.05) is 64.0 Å². The number of benzene rings is 2. The Morgan fingerprint density at radius 1 is 1.05 bits per heavy atom. The number of amides is 1. The van der Waals surface area contributed by atoms with E-state index in [1.165, 1.54) is 4.90 Å². The fraction of sp³-hybridized carbons (Fsp3) is 0.414. The van der Waals surface area contributed by atoms with Crippen molar-refractivity contribution in [2.24, 2.45) is 10.2 Å². The quantitative estimate of drug-likeness (QED) is 0.413. The zero-order chi connectivity index (χ0) is 28.3.